The van der Waals surface area contributed by atoms with Crippen molar-refractivity contribution in [3.8, 4) is 5.75 Å². The number of ether oxygens (including phenoxy) is 1. The van der Waals surface area contributed by atoms with Crippen molar-refractivity contribution in [2.24, 2.45) is 0 Å². The van der Waals surface area contributed by atoms with Gasteiger partial charge in [-0.2, -0.15) is 5.10 Å². The summed E-state index contributed by atoms with van der Waals surface area (Å²) in [5.74, 6) is -0.118. The molecule has 8 heteroatoms. The van der Waals surface area contributed by atoms with Gasteiger partial charge in [-0.25, -0.2) is 0 Å². The van der Waals surface area contributed by atoms with Gasteiger partial charge >= 0.3 is 0 Å². The fourth-order valence-corrected chi connectivity index (χ4v) is 2.95. The molecule has 1 heterocycles. The third kappa shape index (κ3) is 3.69. The summed E-state index contributed by atoms with van der Waals surface area (Å²) in [6, 6.07) is 8.38. The molecule has 0 fully saturated rings. The van der Waals surface area contributed by atoms with Crippen LogP contribution in [-0.2, 0) is 4.79 Å². The number of benzene rings is 2. The van der Waals surface area contributed by atoms with Crippen LogP contribution in [0.5, 0.6) is 5.75 Å². The van der Waals surface area contributed by atoms with Crippen LogP contribution in [0.4, 0.5) is 5.69 Å². The van der Waals surface area contributed by atoms with E-state index in [-0.39, 0.29) is 28.3 Å². The molecule has 1 amide bonds. The van der Waals surface area contributed by atoms with Gasteiger partial charge in [0.05, 0.1) is 21.8 Å². The summed E-state index contributed by atoms with van der Waals surface area (Å²) in [4.78, 5) is 12.0. The Hall–Kier alpha value is -1.95. The van der Waals surface area contributed by atoms with Gasteiger partial charge in [0, 0.05) is 16.1 Å². The Morgan fingerprint density at radius 1 is 1.17 bits per heavy atom. The van der Waals surface area contributed by atoms with Gasteiger partial charge in [-0.15, -0.1) is 0 Å². The Balaban J connectivity index is 1.65. The lowest BCUT2D eigenvalue weighted by molar-refractivity contribution is -0.118. The van der Waals surface area contributed by atoms with Crippen LogP contribution in [0, 0.1) is 0 Å². The topological polar surface area (TPSA) is 67.0 Å². The fraction of sp³-hybridized carbons (Fsp3) is 0.0667. The maximum absolute atomic E-state index is 12.0. The van der Waals surface area contributed by atoms with Crippen molar-refractivity contribution >= 4 is 57.3 Å². The molecule has 0 saturated heterocycles. The molecule has 3 aromatic rings. The SMILES string of the molecule is O=C(COc1c(Cl)cc(Cl)cc1Cl)Nc1ccc2[nH]ncc2c1. The van der Waals surface area contributed by atoms with E-state index < -0.39 is 0 Å². The van der Waals surface area contributed by atoms with Crippen molar-refractivity contribution < 1.29 is 9.53 Å². The number of amides is 1. The van der Waals surface area contributed by atoms with Crippen LogP contribution < -0.4 is 10.1 Å². The van der Waals surface area contributed by atoms with Crippen LogP contribution in [0.15, 0.2) is 36.5 Å². The molecule has 3 rings (SSSR count). The minimum Gasteiger partial charge on any atom is -0.481 e. The number of aromatic nitrogens is 2. The van der Waals surface area contributed by atoms with Crippen LogP contribution in [0.25, 0.3) is 10.9 Å². The molecule has 1 aromatic heterocycles. The minimum absolute atomic E-state index is 0.221. The number of H-pyrrole nitrogens is 1. The van der Waals surface area contributed by atoms with Crippen molar-refractivity contribution in [2.45, 2.75) is 0 Å². The normalized spacial score (nSPS) is 10.7. The average molecular weight is 371 g/mol. The van der Waals surface area contributed by atoms with Crippen molar-refractivity contribution in [1.82, 2.24) is 10.2 Å². The number of aromatic amines is 1. The number of nitrogens with one attached hydrogen (secondary N) is 2. The summed E-state index contributed by atoms with van der Waals surface area (Å²) in [6.07, 6.45) is 1.68. The van der Waals surface area contributed by atoms with Gasteiger partial charge < -0.3 is 10.1 Å². The smallest absolute Gasteiger partial charge is 0.262 e. The second kappa shape index (κ2) is 6.66. The molecule has 23 heavy (non-hydrogen) atoms. The number of anilines is 1. The number of carbonyl (C=O) groups is 1. The van der Waals surface area contributed by atoms with Crippen LogP contribution in [0.2, 0.25) is 15.1 Å². The molecular weight excluding hydrogens is 361 g/mol. The van der Waals surface area contributed by atoms with E-state index in [0.717, 1.165) is 10.9 Å². The standard InChI is InChI=1S/C15H10Cl3N3O2/c16-9-4-11(17)15(12(18)5-9)23-7-14(22)20-10-1-2-13-8(3-10)6-19-21-13/h1-6H,7H2,(H,19,21)(H,20,22). The van der Waals surface area contributed by atoms with E-state index in [2.05, 4.69) is 15.5 Å². The van der Waals surface area contributed by atoms with Crippen LogP contribution in [-0.4, -0.2) is 22.7 Å². The number of halogens is 3. The molecule has 0 bridgehead atoms. The Bertz CT molecular complexity index is 856. The Labute approximate surface area is 146 Å². The average Bonchev–Trinajstić information content (AvgIpc) is 2.93. The quantitative estimate of drug-likeness (QED) is 0.708. The molecule has 2 aromatic carbocycles. The molecule has 0 aliphatic carbocycles. The molecule has 0 radical (unpaired) electrons. The maximum Gasteiger partial charge on any atom is 0.262 e. The van der Waals surface area contributed by atoms with Crippen LogP contribution in [0.3, 0.4) is 0 Å². The minimum atomic E-state index is -0.338. The van der Waals surface area contributed by atoms with Gasteiger partial charge in [0.2, 0.25) is 0 Å². The lowest BCUT2D eigenvalue weighted by Crippen LogP contribution is -2.20. The molecule has 118 valence electrons. The Morgan fingerprint density at radius 2 is 1.91 bits per heavy atom. The van der Waals surface area contributed by atoms with Crippen molar-refractivity contribution in [3.63, 3.8) is 0 Å². The van der Waals surface area contributed by atoms with Gasteiger partial charge in [-0.05, 0) is 30.3 Å². The fourth-order valence-electron chi connectivity index (χ4n) is 2.02. The number of hydrogen-bond donors (Lipinski definition) is 2. The number of rotatable bonds is 4. The summed E-state index contributed by atoms with van der Waals surface area (Å²) in [5, 5.41) is 11.3. The van der Waals surface area contributed by atoms with Crippen molar-refractivity contribution in [3.05, 3.63) is 51.6 Å². The van der Waals surface area contributed by atoms with E-state index >= 15 is 0 Å². The van der Waals surface area contributed by atoms with Crippen molar-refractivity contribution in [1.29, 1.82) is 0 Å². The third-order valence-corrected chi connectivity index (χ3v) is 3.81. The van der Waals surface area contributed by atoms with Gasteiger partial charge in [0.15, 0.2) is 12.4 Å². The van der Waals surface area contributed by atoms with Gasteiger partial charge in [0.1, 0.15) is 0 Å². The number of hydrogen-bond acceptors (Lipinski definition) is 3. The molecule has 0 atom stereocenters. The second-order valence-corrected chi connectivity index (χ2v) is 5.96. The Kier molecular flexibility index (Phi) is 4.61. The van der Waals surface area contributed by atoms with E-state index in [1.807, 2.05) is 6.07 Å². The van der Waals surface area contributed by atoms with E-state index in [4.69, 9.17) is 39.5 Å². The van der Waals surface area contributed by atoms with E-state index in [0.29, 0.717) is 10.7 Å². The zero-order chi connectivity index (χ0) is 16.4. The molecule has 0 unspecified atom stereocenters. The van der Waals surface area contributed by atoms with Crippen LogP contribution >= 0.6 is 34.8 Å². The summed E-state index contributed by atoms with van der Waals surface area (Å²) >= 11 is 17.8. The number of nitrogens with zero attached hydrogens (tertiary/aromatic N) is 1. The predicted octanol–water partition coefficient (Wildman–Crippen LogP) is 4.54. The highest BCUT2D eigenvalue weighted by atomic mass is 35.5. The number of fused-ring (bicyclic) bond motifs is 1. The molecule has 0 spiro atoms. The summed E-state index contributed by atoms with van der Waals surface area (Å²) in [7, 11) is 0. The van der Waals surface area contributed by atoms with E-state index in [1.54, 1.807) is 18.3 Å². The molecule has 0 aliphatic rings. The maximum atomic E-state index is 12.0. The summed E-state index contributed by atoms with van der Waals surface area (Å²) in [5.41, 5.74) is 1.53. The highest BCUT2D eigenvalue weighted by Crippen LogP contribution is 2.35. The highest BCUT2D eigenvalue weighted by molar-refractivity contribution is 6.40. The van der Waals surface area contributed by atoms with E-state index in [1.165, 1.54) is 12.1 Å². The monoisotopic (exact) mass is 369 g/mol. The van der Waals surface area contributed by atoms with Gasteiger partial charge in [0.25, 0.3) is 5.91 Å². The first-order valence-electron chi connectivity index (χ1n) is 6.53. The largest absolute Gasteiger partial charge is 0.481 e. The van der Waals surface area contributed by atoms with Crippen molar-refractivity contribution in [2.75, 3.05) is 11.9 Å². The summed E-state index contributed by atoms with van der Waals surface area (Å²) in [6.45, 7) is -0.232. The molecule has 0 aliphatic heterocycles. The lowest BCUT2D eigenvalue weighted by atomic mass is 10.2. The first kappa shape index (κ1) is 15.9. The molecule has 2 N–H and O–H groups in total. The zero-order valence-corrected chi connectivity index (χ0v) is 13.8. The first-order valence-corrected chi connectivity index (χ1v) is 7.66. The lowest BCUT2D eigenvalue weighted by Gasteiger charge is -2.10. The van der Waals surface area contributed by atoms with Gasteiger partial charge in [-0.3, -0.25) is 9.89 Å². The van der Waals surface area contributed by atoms with E-state index in [9.17, 15) is 4.79 Å². The number of carbonyl (C=O) groups excluding carboxylic acids is 1. The molecular formula is C15H10Cl3N3O2. The summed E-state index contributed by atoms with van der Waals surface area (Å²) < 4.78 is 5.38. The first-order chi connectivity index (χ1) is 11.0. The zero-order valence-electron chi connectivity index (χ0n) is 11.6. The van der Waals surface area contributed by atoms with Crippen LogP contribution in [0.1, 0.15) is 0 Å². The Morgan fingerprint density at radius 3 is 2.65 bits per heavy atom. The third-order valence-electron chi connectivity index (χ3n) is 3.03. The predicted molar refractivity (Wildman–Crippen MR) is 91.7 cm³/mol. The molecule has 0 saturated carbocycles. The van der Waals surface area contributed by atoms with Gasteiger partial charge in [-0.1, -0.05) is 34.8 Å². The highest BCUT2D eigenvalue weighted by Gasteiger charge is 2.12. The molecule has 5 nitrogen and oxygen atoms in total. The second-order valence-electron chi connectivity index (χ2n) is 4.71.